The maximum Gasteiger partial charge on any atom is 0.160 e. The molecule has 1 nitrogen and oxygen atoms in total. The predicted octanol–water partition coefficient (Wildman–Crippen LogP) is 4.13. The molecule has 0 bridgehead atoms. The number of benzene rings is 1. The Balaban J connectivity index is 3.06. The van der Waals surface area contributed by atoms with E-state index in [9.17, 15) is 4.79 Å². The highest BCUT2D eigenvalue weighted by Gasteiger charge is 2.24. The molecule has 0 unspecified atom stereocenters. The fourth-order valence-electron chi connectivity index (χ4n) is 1.26. The Kier molecular flexibility index (Phi) is 3.77. The minimum absolute atomic E-state index is 0.140. The van der Waals surface area contributed by atoms with Crippen LogP contribution in [0.15, 0.2) is 24.3 Å². The molecule has 0 heterocycles. The largest absolute Gasteiger partial charge is 0.300 e. The molecule has 3 heteroatoms. The van der Waals surface area contributed by atoms with E-state index in [1.807, 2.05) is 12.1 Å². The Bertz CT molecular complexity index is 347. The lowest BCUT2D eigenvalue weighted by molar-refractivity contribution is -0.107. The molecule has 0 aromatic heterocycles. The van der Waals surface area contributed by atoms with Crippen LogP contribution in [0.1, 0.15) is 31.9 Å². The normalized spacial score (nSPS) is 12.6. The van der Waals surface area contributed by atoms with Crippen molar-refractivity contribution >= 4 is 38.1 Å². The smallest absolute Gasteiger partial charge is 0.160 e. The third kappa shape index (κ3) is 3.15. The van der Waals surface area contributed by atoms with E-state index < -0.39 is 3.23 Å². The molecule has 0 fully saturated rings. The quantitative estimate of drug-likeness (QED) is 0.587. The average Bonchev–Trinajstić information content (AvgIpc) is 2.17. The first kappa shape index (κ1) is 12.9. The first-order valence-electron chi connectivity index (χ1n) is 4.72. The van der Waals surface area contributed by atoms with Crippen molar-refractivity contribution in [3.05, 3.63) is 35.4 Å². The highest BCUT2D eigenvalue weighted by molar-refractivity contribution is 9.25. The summed E-state index contributed by atoms with van der Waals surface area (Å²) in [6, 6.07) is 8.02. The number of hydrogen-bond donors (Lipinski definition) is 0. The molecule has 0 saturated heterocycles. The van der Waals surface area contributed by atoms with Gasteiger partial charge in [0.15, 0.2) is 9.52 Å². The van der Waals surface area contributed by atoms with Crippen LogP contribution in [0.4, 0.5) is 0 Å². The van der Waals surface area contributed by atoms with Crippen LogP contribution in [0.25, 0.3) is 0 Å². The highest BCUT2D eigenvalue weighted by Crippen LogP contribution is 2.36. The van der Waals surface area contributed by atoms with Crippen molar-refractivity contribution in [1.82, 2.24) is 0 Å². The summed E-state index contributed by atoms with van der Waals surface area (Å²) in [5.41, 5.74) is 2.31. The van der Waals surface area contributed by atoms with Gasteiger partial charge in [0.05, 0.1) is 0 Å². The highest BCUT2D eigenvalue weighted by atomic mass is 79.9. The molecule has 1 rings (SSSR count). The maximum absolute atomic E-state index is 10.8. The molecule has 0 saturated carbocycles. The lowest BCUT2D eigenvalue weighted by Crippen LogP contribution is -2.13. The number of hydrogen-bond acceptors (Lipinski definition) is 1. The van der Waals surface area contributed by atoms with Gasteiger partial charge < -0.3 is 4.79 Å². The van der Waals surface area contributed by atoms with Crippen LogP contribution in [0.2, 0.25) is 0 Å². The van der Waals surface area contributed by atoms with E-state index in [0.717, 1.165) is 11.8 Å². The lowest BCUT2D eigenvalue weighted by atomic mass is 9.86. The molecule has 15 heavy (non-hydrogen) atoms. The van der Waals surface area contributed by atoms with E-state index in [1.54, 1.807) is 0 Å². The van der Waals surface area contributed by atoms with E-state index in [1.165, 1.54) is 5.56 Å². The van der Waals surface area contributed by atoms with Crippen molar-refractivity contribution in [3.8, 4) is 0 Å². The van der Waals surface area contributed by atoms with Crippen molar-refractivity contribution in [2.24, 2.45) is 0 Å². The van der Waals surface area contributed by atoms with E-state index in [4.69, 9.17) is 0 Å². The van der Waals surface area contributed by atoms with E-state index in [0.29, 0.717) is 0 Å². The zero-order valence-corrected chi connectivity index (χ0v) is 12.2. The minimum Gasteiger partial charge on any atom is -0.300 e. The van der Waals surface area contributed by atoms with Crippen molar-refractivity contribution in [2.45, 2.75) is 29.4 Å². The zero-order valence-electron chi connectivity index (χ0n) is 9.05. The van der Waals surface area contributed by atoms with E-state index in [-0.39, 0.29) is 5.41 Å². The van der Waals surface area contributed by atoms with Gasteiger partial charge in [-0.2, -0.15) is 0 Å². The monoisotopic (exact) mass is 332 g/mol. The van der Waals surface area contributed by atoms with Crippen LogP contribution < -0.4 is 0 Å². The Morgan fingerprint density at radius 2 is 1.40 bits per heavy atom. The lowest BCUT2D eigenvalue weighted by Gasteiger charge is -2.20. The molecule has 0 aliphatic rings. The van der Waals surface area contributed by atoms with Crippen LogP contribution in [0.3, 0.4) is 0 Å². The number of alkyl halides is 2. The molecule has 0 amide bonds. The zero-order chi connectivity index (χ0) is 11.7. The number of carbonyl (C=O) groups is 1. The third-order valence-corrected chi connectivity index (χ3v) is 3.57. The second-order valence-corrected chi connectivity index (χ2v) is 8.13. The first-order valence-corrected chi connectivity index (χ1v) is 6.31. The van der Waals surface area contributed by atoms with Crippen LogP contribution >= 0.6 is 31.9 Å². The molecule has 0 radical (unpaired) electrons. The summed E-state index contributed by atoms with van der Waals surface area (Å²) in [5, 5.41) is 0. The van der Waals surface area contributed by atoms with Crippen molar-refractivity contribution in [2.75, 3.05) is 0 Å². The fourth-order valence-corrected chi connectivity index (χ4v) is 1.79. The van der Waals surface area contributed by atoms with Crippen LogP contribution in [-0.2, 0) is 13.4 Å². The summed E-state index contributed by atoms with van der Waals surface area (Å²) in [6.07, 6.45) is 0.832. The molecule has 0 spiro atoms. The second kappa shape index (κ2) is 4.38. The number of halogens is 2. The average molecular weight is 334 g/mol. The van der Waals surface area contributed by atoms with Crippen LogP contribution in [0.5, 0.6) is 0 Å². The van der Waals surface area contributed by atoms with Gasteiger partial charge in [0, 0.05) is 0 Å². The second-order valence-electron chi connectivity index (χ2n) is 4.57. The molecular weight excluding hydrogens is 320 g/mol. The van der Waals surface area contributed by atoms with Gasteiger partial charge in [0.25, 0.3) is 0 Å². The summed E-state index contributed by atoms with van der Waals surface area (Å²) in [6.45, 7) is 6.49. The van der Waals surface area contributed by atoms with Gasteiger partial charge in [-0.05, 0) is 16.5 Å². The number of aldehydes is 1. The SMILES string of the molecule is CC(C)(C)c1ccc(C(Br)(Br)C=O)cc1. The maximum atomic E-state index is 10.8. The van der Waals surface area contributed by atoms with Gasteiger partial charge in [-0.25, -0.2) is 0 Å². The summed E-state index contributed by atoms with van der Waals surface area (Å²) in [4.78, 5) is 10.8. The molecular formula is C12H14Br2O. The van der Waals surface area contributed by atoms with Crippen molar-refractivity contribution < 1.29 is 4.79 Å². The molecule has 0 atom stereocenters. The Morgan fingerprint density at radius 3 is 1.73 bits per heavy atom. The predicted molar refractivity (Wildman–Crippen MR) is 70.7 cm³/mol. The summed E-state index contributed by atoms with van der Waals surface area (Å²) < 4.78 is -0.754. The van der Waals surface area contributed by atoms with Gasteiger partial charge >= 0.3 is 0 Å². The Hall–Kier alpha value is -0.150. The fraction of sp³-hybridized carbons (Fsp3) is 0.417. The summed E-state index contributed by atoms with van der Waals surface area (Å²) in [5.74, 6) is 0. The van der Waals surface area contributed by atoms with Crippen molar-refractivity contribution in [3.63, 3.8) is 0 Å². The minimum atomic E-state index is -0.754. The third-order valence-electron chi connectivity index (χ3n) is 2.28. The van der Waals surface area contributed by atoms with Crippen LogP contribution in [0, 0.1) is 0 Å². The molecule has 82 valence electrons. The van der Waals surface area contributed by atoms with E-state index in [2.05, 4.69) is 64.8 Å². The van der Waals surface area contributed by atoms with Crippen molar-refractivity contribution in [1.29, 1.82) is 0 Å². The molecule has 0 aliphatic carbocycles. The first-order chi connectivity index (χ1) is 6.77. The summed E-state index contributed by atoms with van der Waals surface area (Å²) >= 11 is 6.63. The number of carbonyl (C=O) groups excluding carboxylic acids is 1. The molecule has 1 aromatic rings. The van der Waals surface area contributed by atoms with Gasteiger partial charge in [-0.3, -0.25) is 0 Å². The van der Waals surface area contributed by atoms with Gasteiger partial charge in [-0.15, -0.1) is 0 Å². The van der Waals surface area contributed by atoms with E-state index >= 15 is 0 Å². The Morgan fingerprint density at radius 1 is 1.00 bits per heavy atom. The van der Waals surface area contributed by atoms with Gasteiger partial charge in [-0.1, -0.05) is 76.9 Å². The number of rotatable bonds is 2. The van der Waals surface area contributed by atoms with Gasteiger partial charge in [0.1, 0.15) is 0 Å². The van der Waals surface area contributed by atoms with Gasteiger partial charge in [0.2, 0.25) is 0 Å². The van der Waals surface area contributed by atoms with Crippen LogP contribution in [-0.4, -0.2) is 6.29 Å². The standard InChI is InChI=1S/C12H14Br2O/c1-11(2,3)9-4-6-10(7-5-9)12(13,14)8-15/h4-8H,1-3H3. The Labute approximate surface area is 108 Å². The topological polar surface area (TPSA) is 17.1 Å². The molecule has 0 aliphatic heterocycles. The molecule has 1 aromatic carbocycles. The summed E-state index contributed by atoms with van der Waals surface area (Å²) in [7, 11) is 0. The molecule has 0 N–H and O–H groups in total.